The number of hydrogen-bond donors (Lipinski definition) is 1. The van der Waals surface area contributed by atoms with Crippen molar-refractivity contribution >= 4 is 39.1 Å². The summed E-state index contributed by atoms with van der Waals surface area (Å²) >= 11 is 6.26. The van der Waals surface area contributed by atoms with Crippen LogP contribution < -0.4 is 9.62 Å². The van der Waals surface area contributed by atoms with Crippen molar-refractivity contribution in [3.63, 3.8) is 0 Å². The topological polar surface area (TPSA) is 86.8 Å². The van der Waals surface area contributed by atoms with E-state index in [0.717, 1.165) is 21.9 Å². The van der Waals surface area contributed by atoms with Gasteiger partial charge in [0, 0.05) is 17.6 Å². The predicted octanol–water partition coefficient (Wildman–Crippen LogP) is 5.48. The zero-order valence-electron chi connectivity index (χ0n) is 23.0. The molecule has 3 aromatic rings. The SMILES string of the molecule is CCC(C)NC(=O)C(C)N(Cc1cccc(C)c1)C(=O)CN(c1cc(Cl)ccc1C)S(=O)(=O)c1ccccc1. The summed E-state index contributed by atoms with van der Waals surface area (Å²) in [7, 11) is -4.14. The predicted molar refractivity (Wildman–Crippen MR) is 156 cm³/mol. The molecule has 2 amide bonds. The molecule has 2 atom stereocenters. The Kier molecular flexibility index (Phi) is 10.2. The van der Waals surface area contributed by atoms with Gasteiger partial charge >= 0.3 is 0 Å². The van der Waals surface area contributed by atoms with Crippen molar-refractivity contribution in [3.8, 4) is 0 Å². The maximum absolute atomic E-state index is 14.0. The van der Waals surface area contributed by atoms with Gasteiger partial charge in [-0.1, -0.05) is 72.6 Å². The van der Waals surface area contributed by atoms with Gasteiger partial charge in [-0.15, -0.1) is 0 Å². The number of rotatable bonds is 11. The first-order valence-electron chi connectivity index (χ1n) is 12.9. The highest BCUT2D eigenvalue weighted by Gasteiger charge is 2.33. The van der Waals surface area contributed by atoms with Crippen LogP contribution >= 0.6 is 11.6 Å². The lowest BCUT2D eigenvalue weighted by atomic mass is 10.1. The Morgan fingerprint density at radius 1 is 0.949 bits per heavy atom. The van der Waals surface area contributed by atoms with E-state index in [2.05, 4.69) is 5.32 Å². The quantitative estimate of drug-likeness (QED) is 0.331. The van der Waals surface area contributed by atoms with Gasteiger partial charge in [0.05, 0.1) is 10.6 Å². The first-order chi connectivity index (χ1) is 18.4. The van der Waals surface area contributed by atoms with Gasteiger partial charge in [0.15, 0.2) is 0 Å². The van der Waals surface area contributed by atoms with Crippen LogP contribution in [0.15, 0.2) is 77.7 Å². The van der Waals surface area contributed by atoms with E-state index in [9.17, 15) is 18.0 Å². The maximum Gasteiger partial charge on any atom is 0.264 e. The monoisotopic (exact) mass is 569 g/mol. The van der Waals surface area contributed by atoms with Crippen molar-refractivity contribution in [2.45, 2.75) is 64.6 Å². The second-order valence-corrected chi connectivity index (χ2v) is 12.1. The summed E-state index contributed by atoms with van der Waals surface area (Å²) in [6.45, 7) is 8.86. The van der Waals surface area contributed by atoms with Crippen LogP contribution in [0, 0.1) is 13.8 Å². The summed E-state index contributed by atoms with van der Waals surface area (Å²) in [5, 5.41) is 3.28. The third-order valence-corrected chi connectivity index (χ3v) is 8.66. The van der Waals surface area contributed by atoms with Gasteiger partial charge in [-0.05, 0) is 69.5 Å². The number of carbonyl (C=O) groups excluding carboxylic acids is 2. The minimum atomic E-state index is -4.14. The standard InChI is InChI=1S/C30H36ClN3O4S/c1-6-23(4)32-30(36)24(5)33(19-25-12-10-11-21(2)17-25)29(35)20-34(28-18-26(31)16-15-22(28)3)39(37,38)27-13-8-7-9-14-27/h7-18,23-24H,6,19-20H2,1-5H3,(H,32,36). The van der Waals surface area contributed by atoms with Crippen LogP contribution in [0.4, 0.5) is 5.69 Å². The number of anilines is 1. The van der Waals surface area contributed by atoms with Gasteiger partial charge in [-0.2, -0.15) is 0 Å². The lowest BCUT2D eigenvalue weighted by Gasteiger charge is -2.33. The number of carbonyl (C=O) groups is 2. The molecular weight excluding hydrogens is 534 g/mol. The van der Waals surface area contributed by atoms with Crippen LogP contribution in [0.2, 0.25) is 5.02 Å². The van der Waals surface area contributed by atoms with Gasteiger partial charge < -0.3 is 10.2 Å². The molecule has 7 nitrogen and oxygen atoms in total. The number of amides is 2. The van der Waals surface area contributed by atoms with E-state index < -0.39 is 28.5 Å². The second-order valence-electron chi connectivity index (χ2n) is 9.76. The Labute approximate surface area is 236 Å². The Hall–Kier alpha value is -3.36. The average Bonchev–Trinajstić information content (AvgIpc) is 2.91. The van der Waals surface area contributed by atoms with Gasteiger partial charge in [-0.3, -0.25) is 13.9 Å². The average molecular weight is 570 g/mol. The van der Waals surface area contributed by atoms with Crippen molar-refractivity contribution in [2.75, 3.05) is 10.8 Å². The zero-order valence-corrected chi connectivity index (χ0v) is 24.6. The third kappa shape index (κ3) is 7.61. The van der Waals surface area contributed by atoms with Crippen molar-refractivity contribution < 1.29 is 18.0 Å². The first kappa shape index (κ1) is 30.2. The number of halogens is 1. The molecule has 0 saturated carbocycles. The van der Waals surface area contributed by atoms with E-state index >= 15 is 0 Å². The molecule has 0 spiro atoms. The van der Waals surface area contributed by atoms with E-state index in [1.807, 2.05) is 45.0 Å². The lowest BCUT2D eigenvalue weighted by Crippen LogP contribution is -2.52. The van der Waals surface area contributed by atoms with E-state index in [1.54, 1.807) is 44.2 Å². The molecule has 39 heavy (non-hydrogen) atoms. The number of hydrogen-bond acceptors (Lipinski definition) is 4. The molecule has 0 radical (unpaired) electrons. The maximum atomic E-state index is 14.0. The molecule has 0 aliphatic heterocycles. The van der Waals surface area contributed by atoms with Crippen LogP contribution in [0.3, 0.4) is 0 Å². The zero-order chi connectivity index (χ0) is 28.7. The summed E-state index contributed by atoms with van der Waals surface area (Å²) < 4.78 is 28.8. The van der Waals surface area contributed by atoms with Crippen LogP contribution in [0.25, 0.3) is 0 Å². The second kappa shape index (κ2) is 13.1. The summed E-state index contributed by atoms with van der Waals surface area (Å²) in [6, 6.07) is 19.6. The minimum Gasteiger partial charge on any atom is -0.352 e. The molecule has 0 aliphatic carbocycles. The van der Waals surface area contributed by atoms with Gasteiger partial charge in [0.1, 0.15) is 12.6 Å². The minimum absolute atomic E-state index is 0.0463. The number of nitrogens with one attached hydrogen (secondary N) is 1. The van der Waals surface area contributed by atoms with Crippen LogP contribution in [-0.4, -0.2) is 43.8 Å². The van der Waals surface area contributed by atoms with Gasteiger partial charge in [0.25, 0.3) is 10.0 Å². The van der Waals surface area contributed by atoms with E-state index in [-0.39, 0.29) is 23.4 Å². The number of sulfonamides is 1. The number of benzene rings is 3. The van der Waals surface area contributed by atoms with E-state index in [1.165, 1.54) is 23.1 Å². The molecule has 2 unspecified atom stereocenters. The summed E-state index contributed by atoms with van der Waals surface area (Å²) in [5.74, 6) is -0.816. The fraction of sp³-hybridized carbons (Fsp3) is 0.333. The summed E-state index contributed by atoms with van der Waals surface area (Å²) in [6.07, 6.45) is 0.738. The third-order valence-electron chi connectivity index (χ3n) is 6.65. The van der Waals surface area contributed by atoms with E-state index in [4.69, 9.17) is 11.6 Å². The Morgan fingerprint density at radius 2 is 1.64 bits per heavy atom. The normalized spacial score (nSPS) is 12.9. The molecule has 0 saturated heterocycles. The first-order valence-corrected chi connectivity index (χ1v) is 14.7. The van der Waals surface area contributed by atoms with Crippen LogP contribution in [-0.2, 0) is 26.2 Å². The molecule has 3 rings (SSSR count). The van der Waals surface area contributed by atoms with Crippen LogP contribution in [0.5, 0.6) is 0 Å². The molecule has 0 aliphatic rings. The van der Waals surface area contributed by atoms with Crippen molar-refractivity contribution in [2.24, 2.45) is 0 Å². The molecule has 0 bridgehead atoms. The molecule has 0 heterocycles. The number of aryl methyl sites for hydroxylation is 2. The largest absolute Gasteiger partial charge is 0.352 e. The summed E-state index contributed by atoms with van der Waals surface area (Å²) in [5.41, 5.74) is 2.79. The molecule has 0 fully saturated rings. The fourth-order valence-corrected chi connectivity index (χ4v) is 5.80. The van der Waals surface area contributed by atoms with Crippen LogP contribution in [0.1, 0.15) is 43.9 Å². The molecule has 3 aromatic carbocycles. The van der Waals surface area contributed by atoms with Gasteiger partial charge in [-0.25, -0.2) is 8.42 Å². The van der Waals surface area contributed by atoms with Crippen molar-refractivity contribution in [3.05, 3.63) is 94.5 Å². The molecule has 1 N–H and O–H groups in total. The highest BCUT2D eigenvalue weighted by molar-refractivity contribution is 7.92. The van der Waals surface area contributed by atoms with Crippen molar-refractivity contribution in [1.29, 1.82) is 0 Å². The Bertz CT molecular complexity index is 1410. The Morgan fingerprint density at radius 3 is 2.28 bits per heavy atom. The Balaban J connectivity index is 2.06. The molecule has 208 valence electrons. The highest BCUT2D eigenvalue weighted by Crippen LogP contribution is 2.30. The molecule has 0 aromatic heterocycles. The molecule has 9 heteroatoms. The lowest BCUT2D eigenvalue weighted by molar-refractivity contribution is -0.139. The summed E-state index contributed by atoms with van der Waals surface area (Å²) in [4.78, 5) is 28.6. The van der Waals surface area contributed by atoms with E-state index in [0.29, 0.717) is 16.3 Å². The van der Waals surface area contributed by atoms with Gasteiger partial charge in [0.2, 0.25) is 11.8 Å². The van der Waals surface area contributed by atoms with Crippen molar-refractivity contribution in [1.82, 2.24) is 10.2 Å². The molecular formula is C30H36ClN3O4S. The fourth-order valence-electron chi connectivity index (χ4n) is 4.14. The smallest absolute Gasteiger partial charge is 0.264 e. The number of nitrogens with zero attached hydrogens (tertiary/aromatic N) is 2. The highest BCUT2D eigenvalue weighted by atomic mass is 35.5.